The van der Waals surface area contributed by atoms with Crippen molar-refractivity contribution in [3.8, 4) is 10.8 Å². The molecular formula is C20H21N5S4. The van der Waals surface area contributed by atoms with Gasteiger partial charge in [0.2, 0.25) is 0 Å². The molecule has 0 aliphatic carbocycles. The summed E-state index contributed by atoms with van der Waals surface area (Å²) in [6, 6.07) is 17.2. The summed E-state index contributed by atoms with van der Waals surface area (Å²) >= 11 is 12.4. The Bertz CT molecular complexity index is 859. The summed E-state index contributed by atoms with van der Waals surface area (Å²) in [6.07, 6.45) is 0.931. The topological polar surface area (TPSA) is 83.7 Å². The minimum atomic E-state index is 0.572. The van der Waals surface area contributed by atoms with Crippen LogP contribution in [0.15, 0.2) is 64.4 Å². The number of rotatable bonds is 7. The molecule has 2 aromatic carbocycles. The molecule has 9 heteroatoms. The van der Waals surface area contributed by atoms with Gasteiger partial charge in [-0.2, -0.15) is 10.5 Å². The predicted octanol–water partition coefficient (Wildman–Crippen LogP) is 5.13. The Kier molecular flexibility index (Phi) is 13.3. The lowest BCUT2D eigenvalue weighted by atomic mass is 10.3. The van der Waals surface area contributed by atoms with Crippen LogP contribution < -0.4 is 16.0 Å². The molecule has 0 fully saturated rings. The average Bonchev–Trinajstić information content (AvgIpc) is 2.70. The summed E-state index contributed by atoms with van der Waals surface area (Å²) in [5.41, 5.74) is 0.871. The van der Waals surface area contributed by atoms with Crippen LogP contribution in [0.5, 0.6) is 0 Å². The van der Waals surface area contributed by atoms with Crippen molar-refractivity contribution in [2.75, 3.05) is 18.4 Å². The molecule has 0 saturated carbocycles. The van der Waals surface area contributed by atoms with E-state index in [9.17, 15) is 0 Å². The number of anilines is 1. The number of benzene rings is 2. The van der Waals surface area contributed by atoms with E-state index in [1.807, 2.05) is 72.3 Å². The average molecular weight is 460 g/mol. The molecule has 0 atom stereocenters. The molecule has 0 saturated heterocycles. The van der Waals surface area contributed by atoms with Crippen molar-refractivity contribution in [3.05, 3.63) is 54.6 Å². The first-order valence-corrected chi connectivity index (χ1v) is 11.1. The largest absolute Gasteiger partial charge is 0.380 e. The molecule has 0 heterocycles. The minimum absolute atomic E-state index is 0.572. The van der Waals surface area contributed by atoms with Crippen LogP contribution >= 0.6 is 48.0 Å². The summed E-state index contributed by atoms with van der Waals surface area (Å²) in [5, 5.41) is 30.8. The van der Waals surface area contributed by atoms with E-state index in [0.717, 1.165) is 51.7 Å². The van der Waals surface area contributed by atoms with E-state index in [4.69, 9.17) is 35.0 Å². The van der Waals surface area contributed by atoms with Crippen molar-refractivity contribution in [1.29, 1.82) is 10.5 Å². The minimum Gasteiger partial charge on any atom is -0.380 e. The zero-order valence-electron chi connectivity index (χ0n) is 15.8. The third kappa shape index (κ3) is 12.7. The van der Waals surface area contributed by atoms with Gasteiger partial charge in [0.15, 0.2) is 5.11 Å². The zero-order chi connectivity index (χ0) is 21.3. The number of nitriles is 2. The fourth-order valence-electron chi connectivity index (χ4n) is 1.96. The molecule has 0 unspecified atom stereocenters. The molecule has 29 heavy (non-hydrogen) atoms. The van der Waals surface area contributed by atoms with Gasteiger partial charge in [-0.25, -0.2) is 0 Å². The molecule has 0 bridgehead atoms. The standard InChI is InChI=1S/C13H16N4S3.C7H5NS/c1-10(18)15-6-3-7-16-13(19)17-11-4-2-5-12(8-11)20-9-14;8-6-9-7-4-2-1-3-5-7/h2,4-5,8H,3,6-7H2,1H3,(H,15,18)(H2,16,17,19);1-5H. The van der Waals surface area contributed by atoms with Crippen molar-refractivity contribution in [2.24, 2.45) is 0 Å². The fraction of sp³-hybridized carbons (Fsp3) is 0.200. The van der Waals surface area contributed by atoms with Gasteiger partial charge in [-0.15, -0.1) is 0 Å². The van der Waals surface area contributed by atoms with Gasteiger partial charge in [0.1, 0.15) is 10.8 Å². The SMILES string of the molecule is CC(=S)NCCCNC(=S)Nc1cccc(SC#N)c1.N#CSc1ccccc1. The lowest BCUT2D eigenvalue weighted by molar-refractivity contribution is 0.747. The highest BCUT2D eigenvalue weighted by molar-refractivity contribution is 8.04. The van der Waals surface area contributed by atoms with Crippen LogP contribution in [0.2, 0.25) is 0 Å². The summed E-state index contributed by atoms with van der Waals surface area (Å²) in [4.78, 5) is 2.69. The third-order valence-corrected chi connectivity index (χ3v) is 4.75. The van der Waals surface area contributed by atoms with Crippen LogP contribution in [0.1, 0.15) is 13.3 Å². The molecule has 2 rings (SSSR count). The Hall–Kier alpha value is -2.30. The maximum Gasteiger partial charge on any atom is 0.170 e. The van der Waals surface area contributed by atoms with Gasteiger partial charge < -0.3 is 16.0 Å². The Morgan fingerprint density at radius 2 is 1.52 bits per heavy atom. The normalized spacial score (nSPS) is 9.07. The van der Waals surface area contributed by atoms with Crippen LogP contribution in [0.4, 0.5) is 5.69 Å². The number of nitrogens with one attached hydrogen (secondary N) is 3. The van der Waals surface area contributed by atoms with E-state index < -0.39 is 0 Å². The summed E-state index contributed by atoms with van der Waals surface area (Å²) in [5.74, 6) is 0. The second kappa shape index (κ2) is 15.6. The maximum absolute atomic E-state index is 8.64. The number of hydrogen-bond acceptors (Lipinski definition) is 6. The second-order valence-corrected chi connectivity index (χ2v) is 8.18. The monoisotopic (exact) mass is 459 g/mol. The highest BCUT2D eigenvalue weighted by Gasteiger charge is 1.99. The third-order valence-electron chi connectivity index (χ3n) is 3.18. The summed E-state index contributed by atoms with van der Waals surface area (Å²) in [7, 11) is 0. The van der Waals surface area contributed by atoms with Gasteiger partial charge in [-0.3, -0.25) is 0 Å². The number of nitrogens with zero attached hydrogens (tertiary/aromatic N) is 2. The second-order valence-electron chi connectivity index (χ2n) is 5.44. The van der Waals surface area contributed by atoms with Gasteiger partial charge >= 0.3 is 0 Å². The summed E-state index contributed by atoms with van der Waals surface area (Å²) in [6.45, 7) is 3.47. The first-order chi connectivity index (χ1) is 14.0. The molecule has 3 N–H and O–H groups in total. The van der Waals surface area contributed by atoms with Crippen LogP contribution in [0, 0.1) is 21.3 Å². The number of hydrogen-bond donors (Lipinski definition) is 3. The van der Waals surface area contributed by atoms with Gasteiger partial charge in [0.05, 0.1) is 4.99 Å². The zero-order valence-corrected chi connectivity index (χ0v) is 19.1. The van der Waals surface area contributed by atoms with Crippen molar-refractivity contribution in [3.63, 3.8) is 0 Å². The molecule has 150 valence electrons. The highest BCUT2D eigenvalue weighted by Crippen LogP contribution is 2.20. The lowest BCUT2D eigenvalue weighted by Gasteiger charge is -2.11. The van der Waals surface area contributed by atoms with Gasteiger partial charge in [-0.05, 0) is 79.4 Å². The number of thiocyanates is 2. The molecule has 0 amide bonds. The van der Waals surface area contributed by atoms with E-state index in [0.29, 0.717) is 5.11 Å². The van der Waals surface area contributed by atoms with Crippen LogP contribution in [0.25, 0.3) is 0 Å². The van der Waals surface area contributed by atoms with E-state index in [-0.39, 0.29) is 0 Å². The van der Waals surface area contributed by atoms with E-state index in [1.54, 1.807) is 0 Å². The predicted molar refractivity (Wildman–Crippen MR) is 131 cm³/mol. The first kappa shape index (κ1) is 24.7. The quantitative estimate of drug-likeness (QED) is 0.226. The molecule has 0 radical (unpaired) electrons. The maximum atomic E-state index is 8.64. The molecule has 2 aromatic rings. The number of thioether (sulfide) groups is 2. The molecule has 0 aliphatic rings. The first-order valence-electron chi connectivity index (χ1n) is 8.61. The van der Waals surface area contributed by atoms with Crippen molar-refractivity contribution < 1.29 is 0 Å². The van der Waals surface area contributed by atoms with Crippen molar-refractivity contribution >= 4 is 63.7 Å². The van der Waals surface area contributed by atoms with Gasteiger partial charge in [0, 0.05) is 28.6 Å². The van der Waals surface area contributed by atoms with Crippen LogP contribution in [0.3, 0.4) is 0 Å². The molecule has 5 nitrogen and oxygen atoms in total. The van der Waals surface area contributed by atoms with E-state index >= 15 is 0 Å². The Balaban J connectivity index is 0.000000387. The Morgan fingerprint density at radius 1 is 0.897 bits per heavy atom. The molecule has 0 aromatic heterocycles. The molecular weight excluding hydrogens is 439 g/mol. The molecule has 0 aliphatic heterocycles. The van der Waals surface area contributed by atoms with Crippen LogP contribution in [-0.2, 0) is 0 Å². The summed E-state index contributed by atoms with van der Waals surface area (Å²) < 4.78 is 0. The molecule has 0 spiro atoms. The van der Waals surface area contributed by atoms with Crippen LogP contribution in [-0.4, -0.2) is 23.2 Å². The van der Waals surface area contributed by atoms with Crippen molar-refractivity contribution in [2.45, 2.75) is 23.1 Å². The fourth-order valence-corrected chi connectivity index (χ4v) is 3.12. The van der Waals surface area contributed by atoms with E-state index in [1.165, 1.54) is 11.8 Å². The van der Waals surface area contributed by atoms with Crippen molar-refractivity contribution in [1.82, 2.24) is 10.6 Å². The smallest absolute Gasteiger partial charge is 0.170 e. The Morgan fingerprint density at radius 3 is 2.17 bits per heavy atom. The number of thiocarbonyl (C=S) groups is 2. The van der Waals surface area contributed by atoms with E-state index in [2.05, 4.69) is 16.0 Å². The lowest BCUT2D eigenvalue weighted by Crippen LogP contribution is -2.31. The highest BCUT2D eigenvalue weighted by atomic mass is 32.2. The van der Waals surface area contributed by atoms with Gasteiger partial charge in [-0.1, -0.05) is 36.5 Å². The Labute approximate surface area is 191 Å². The van der Waals surface area contributed by atoms with Gasteiger partial charge in [0.25, 0.3) is 0 Å².